The van der Waals surface area contributed by atoms with Gasteiger partial charge in [0, 0.05) is 17.1 Å². The van der Waals surface area contributed by atoms with E-state index in [4.69, 9.17) is 0 Å². The Morgan fingerprint density at radius 3 is 3.04 bits per heavy atom. The third-order valence-electron chi connectivity index (χ3n) is 5.01. The molecule has 3 atom stereocenters. The van der Waals surface area contributed by atoms with Crippen molar-refractivity contribution >= 4 is 30.1 Å². The molecule has 2 aliphatic heterocycles. The van der Waals surface area contributed by atoms with Crippen molar-refractivity contribution in [2.24, 2.45) is 11.8 Å². The zero-order valence-electron chi connectivity index (χ0n) is 14.0. The van der Waals surface area contributed by atoms with Gasteiger partial charge >= 0.3 is 0 Å². The Morgan fingerprint density at radius 2 is 2.29 bits per heavy atom. The zero-order chi connectivity index (χ0) is 16.2. The first kappa shape index (κ1) is 19.5. The van der Waals surface area contributed by atoms with Crippen LogP contribution in [0.4, 0.5) is 4.39 Å². The summed E-state index contributed by atoms with van der Waals surface area (Å²) < 4.78 is 13.9. The van der Waals surface area contributed by atoms with Crippen molar-refractivity contribution in [3.8, 4) is 0 Å². The number of fused-ring (bicyclic) bond motifs is 1. The van der Waals surface area contributed by atoms with Gasteiger partial charge in [-0.05, 0) is 55.8 Å². The minimum absolute atomic E-state index is 0. The summed E-state index contributed by atoms with van der Waals surface area (Å²) in [7, 11) is 0. The van der Waals surface area contributed by atoms with E-state index in [0.29, 0.717) is 23.2 Å². The van der Waals surface area contributed by atoms with E-state index < -0.39 is 0 Å². The lowest BCUT2D eigenvalue weighted by atomic mass is 9.85. The van der Waals surface area contributed by atoms with E-state index in [1.54, 1.807) is 17.8 Å². The lowest BCUT2D eigenvalue weighted by Crippen LogP contribution is -2.37. The topological polar surface area (TPSA) is 41.1 Å². The van der Waals surface area contributed by atoms with Crippen LogP contribution in [0.3, 0.4) is 0 Å². The number of piperidine rings is 1. The van der Waals surface area contributed by atoms with Crippen molar-refractivity contribution in [3.63, 3.8) is 0 Å². The fraction of sp³-hybridized carbons (Fsp3) is 0.611. The molecule has 0 saturated carbocycles. The molecule has 0 radical (unpaired) electrons. The first-order valence-electron chi connectivity index (χ1n) is 8.56. The van der Waals surface area contributed by atoms with E-state index in [-0.39, 0.29) is 30.2 Å². The number of hydrogen-bond donors (Lipinski definition) is 2. The Labute approximate surface area is 154 Å². The smallest absolute Gasteiger partial charge is 0.220 e. The van der Waals surface area contributed by atoms with Crippen molar-refractivity contribution in [3.05, 3.63) is 29.6 Å². The second kappa shape index (κ2) is 9.07. The van der Waals surface area contributed by atoms with E-state index in [1.807, 2.05) is 6.07 Å². The van der Waals surface area contributed by atoms with Crippen LogP contribution in [-0.2, 0) is 4.79 Å². The Morgan fingerprint density at radius 1 is 1.46 bits per heavy atom. The molecule has 1 fully saturated rings. The zero-order valence-corrected chi connectivity index (χ0v) is 15.6. The lowest BCUT2D eigenvalue weighted by molar-refractivity contribution is -0.123. The molecule has 1 aromatic carbocycles. The monoisotopic (exact) mass is 372 g/mol. The molecule has 3 nitrogen and oxygen atoms in total. The molecule has 1 amide bonds. The number of thioether (sulfide) groups is 1. The molecule has 2 N–H and O–H groups in total. The maximum atomic E-state index is 13.9. The van der Waals surface area contributed by atoms with E-state index in [0.717, 1.165) is 30.8 Å². The minimum Gasteiger partial charge on any atom is -0.349 e. The number of hydrogen-bond acceptors (Lipinski definition) is 3. The summed E-state index contributed by atoms with van der Waals surface area (Å²) in [5, 5.41) is 6.55. The van der Waals surface area contributed by atoms with Crippen LogP contribution in [0.25, 0.3) is 0 Å². The van der Waals surface area contributed by atoms with Gasteiger partial charge in [0.05, 0.1) is 6.04 Å². The molecule has 1 saturated heterocycles. The van der Waals surface area contributed by atoms with Gasteiger partial charge in [0.15, 0.2) is 0 Å². The average Bonchev–Trinajstić information content (AvgIpc) is 2.56. The van der Waals surface area contributed by atoms with Gasteiger partial charge in [0.1, 0.15) is 5.82 Å². The van der Waals surface area contributed by atoms with Crippen LogP contribution in [0.2, 0.25) is 0 Å². The Hall–Kier alpha value is -0.780. The average molecular weight is 373 g/mol. The Bertz CT molecular complexity index is 566. The SMILES string of the molecule is CC(CC(=O)NC1CCSc2c(F)cccc21)C1CCCNC1.Cl. The van der Waals surface area contributed by atoms with Crippen LogP contribution in [0, 0.1) is 17.7 Å². The Kier molecular flexibility index (Phi) is 7.38. The molecule has 0 bridgehead atoms. The van der Waals surface area contributed by atoms with Crippen LogP contribution in [0.15, 0.2) is 23.1 Å². The molecule has 24 heavy (non-hydrogen) atoms. The molecule has 6 heteroatoms. The van der Waals surface area contributed by atoms with Gasteiger partial charge < -0.3 is 10.6 Å². The Balaban J connectivity index is 0.00000208. The summed E-state index contributed by atoms with van der Waals surface area (Å²) in [6.45, 7) is 4.28. The van der Waals surface area contributed by atoms with Crippen molar-refractivity contribution < 1.29 is 9.18 Å². The van der Waals surface area contributed by atoms with Gasteiger partial charge in [-0.25, -0.2) is 4.39 Å². The molecule has 0 aliphatic carbocycles. The van der Waals surface area contributed by atoms with E-state index >= 15 is 0 Å². The standard InChI is InChI=1S/C18H25FN2OS.ClH/c1-12(13-4-3-8-20-11-13)10-17(22)21-16-7-9-23-18-14(16)5-2-6-15(18)19;/h2,5-6,12-13,16,20H,3-4,7-11H2,1H3,(H,21,22);1H. The molecule has 3 rings (SSSR count). The van der Waals surface area contributed by atoms with Crippen LogP contribution in [0.1, 0.15) is 44.2 Å². The van der Waals surface area contributed by atoms with E-state index in [2.05, 4.69) is 17.6 Å². The molecular weight excluding hydrogens is 347 g/mol. The highest BCUT2D eigenvalue weighted by molar-refractivity contribution is 7.99. The first-order valence-corrected chi connectivity index (χ1v) is 9.55. The fourth-order valence-corrected chi connectivity index (χ4v) is 4.75. The number of carbonyl (C=O) groups excluding carboxylic acids is 1. The molecule has 1 aromatic rings. The number of rotatable bonds is 4. The first-order chi connectivity index (χ1) is 11.1. The number of benzene rings is 1. The van der Waals surface area contributed by atoms with Gasteiger partial charge in [-0.1, -0.05) is 19.1 Å². The maximum Gasteiger partial charge on any atom is 0.220 e. The van der Waals surface area contributed by atoms with Gasteiger partial charge in [0.2, 0.25) is 5.91 Å². The van der Waals surface area contributed by atoms with Gasteiger partial charge in [-0.3, -0.25) is 4.79 Å². The third-order valence-corrected chi connectivity index (χ3v) is 6.17. The van der Waals surface area contributed by atoms with E-state index in [9.17, 15) is 9.18 Å². The van der Waals surface area contributed by atoms with Gasteiger partial charge in [-0.2, -0.15) is 0 Å². The van der Waals surface area contributed by atoms with Crippen LogP contribution in [-0.4, -0.2) is 24.7 Å². The lowest BCUT2D eigenvalue weighted by Gasteiger charge is -2.30. The van der Waals surface area contributed by atoms with Crippen molar-refractivity contribution in [2.75, 3.05) is 18.8 Å². The third kappa shape index (κ3) is 4.64. The highest BCUT2D eigenvalue weighted by atomic mass is 35.5. The van der Waals surface area contributed by atoms with E-state index in [1.165, 1.54) is 18.9 Å². The summed E-state index contributed by atoms with van der Waals surface area (Å²) in [5.41, 5.74) is 0.932. The summed E-state index contributed by atoms with van der Waals surface area (Å²) in [6.07, 6.45) is 3.82. The second-order valence-corrected chi connectivity index (χ2v) is 7.81. The number of halogens is 2. The second-order valence-electron chi connectivity index (χ2n) is 6.70. The summed E-state index contributed by atoms with van der Waals surface area (Å²) in [5.74, 6) is 1.73. The molecule has 3 unspecified atom stereocenters. The molecule has 0 aromatic heterocycles. The van der Waals surface area contributed by atoms with Crippen LogP contribution >= 0.6 is 24.2 Å². The molecular formula is C18H26ClFN2OS. The normalized spacial score (nSPS) is 24.4. The minimum atomic E-state index is -0.173. The largest absolute Gasteiger partial charge is 0.349 e. The predicted octanol–water partition coefficient (Wildman–Crippen LogP) is 3.93. The molecule has 2 heterocycles. The van der Waals surface area contributed by atoms with Crippen molar-refractivity contribution in [1.29, 1.82) is 0 Å². The predicted molar refractivity (Wildman–Crippen MR) is 99.2 cm³/mol. The highest BCUT2D eigenvalue weighted by Crippen LogP contribution is 2.37. The maximum absolute atomic E-state index is 13.9. The van der Waals surface area contributed by atoms with Crippen LogP contribution in [0.5, 0.6) is 0 Å². The quantitative estimate of drug-likeness (QED) is 0.841. The number of carbonyl (C=O) groups is 1. The molecule has 2 aliphatic rings. The summed E-state index contributed by atoms with van der Waals surface area (Å²) in [4.78, 5) is 13.1. The van der Waals surface area contributed by atoms with Gasteiger partial charge in [0.25, 0.3) is 0 Å². The van der Waals surface area contributed by atoms with Crippen molar-refractivity contribution in [1.82, 2.24) is 10.6 Å². The molecule has 0 spiro atoms. The van der Waals surface area contributed by atoms with Gasteiger partial charge in [-0.15, -0.1) is 24.2 Å². The van der Waals surface area contributed by atoms with Crippen molar-refractivity contribution in [2.45, 2.75) is 43.5 Å². The highest BCUT2D eigenvalue weighted by Gasteiger charge is 2.26. The van der Waals surface area contributed by atoms with Crippen LogP contribution < -0.4 is 10.6 Å². The fourth-order valence-electron chi connectivity index (χ4n) is 3.61. The molecule has 134 valence electrons. The summed E-state index contributed by atoms with van der Waals surface area (Å²) in [6, 6.07) is 5.11. The number of nitrogens with one attached hydrogen (secondary N) is 2. The summed E-state index contributed by atoms with van der Waals surface area (Å²) >= 11 is 1.55. The number of amides is 1.